The quantitative estimate of drug-likeness (QED) is 0.117. The van der Waals surface area contributed by atoms with Crippen LogP contribution in [0, 0.1) is 12.3 Å². The van der Waals surface area contributed by atoms with E-state index in [9.17, 15) is 0 Å². The molecule has 152 valence electrons. The minimum atomic E-state index is -0.931. The van der Waals surface area contributed by atoms with E-state index in [4.69, 9.17) is 49.5 Å². The Kier molecular flexibility index (Phi) is 34.4. The maximum absolute atomic E-state index is 8.59. The standard InChI is InChI=1S/C5H8O.C4H7N3O.C4H10O.C2H5ClO.N3.Na/c1-4-5(2,3)6;8-4-3-7-2-1-5-6-7;1-4(2,3)5;3-1-2-4;1-3-2;/h1,6H,2-3H3;1-2,8H,3-4H2;5H,1-3H3;4H,1-2H2;;/q;;;;-1;+1. The molecule has 0 radical (unpaired) electrons. The van der Waals surface area contributed by atoms with E-state index < -0.39 is 11.2 Å². The molecule has 0 aliphatic heterocycles. The largest absolute Gasteiger partial charge is 1.00 e. The van der Waals surface area contributed by atoms with Crippen LogP contribution in [-0.4, -0.2) is 65.7 Å². The van der Waals surface area contributed by atoms with Gasteiger partial charge < -0.3 is 31.5 Å². The van der Waals surface area contributed by atoms with Crippen LogP contribution in [0.3, 0.4) is 0 Å². The molecule has 12 heteroatoms. The van der Waals surface area contributed by atoms with E-state index >= 15 is 0 Å². The van der Waals surface area contributed by atoms with Gasteiger partial charge in [-0.2, -0.15) is 0 Å². The van der Waals surface area contributed by atoms with Gasteiger partial charge in [0.15, 0.2) is 0 Å². The fraction of sp³-hybridized carbons (Fsp3) is 0.733. The number of rotatable bonds is 3. The van der Waals surface area contributed by atoms with Gasteiger partial charge in [0, 0.05) is 12.1 Å². The van der Waals surface area contributed by atoms with Crippen molar-refractivity contribution in [2.45, 2.75) is 52.4 Å². The molecule has 10 nitrogen and oxygen atoms in total. The topological polar surface area (TPSA) is 170 Å². The molecule has 0 atom stereocenters. The van der Waals surface area contributed by atoms with Crippen molar-refractivity contribution in [3.8, 4) is 12.3 Å². The summed E-state index contributed by atoms with van der Waals surface area (Å²) in [6.07, 6.45) is 8.09. The SMILES string of the molecule is C#CC(C)(C)O.CC(C)(C)O.OCCCl.OCCn1ccnn1.[N-]=[N+]=[N-].[Na+]. The van der Waals surface area contributed by atoms with Crippen molar-refractivity contribution in [3.63, 3.8) is 0 Å². The van der Waals surface area contributed by atoms with Crippen LogP contribution in [0.25, 0.3) is 16.0 Å². The fourth-order valence-electron chi connectivity index (χ4n) is 0.454. The maximum Gasteiger partial charge on any atom is 1.00 e. The first kappa shape index (κ1) is 37.0. The zero-order valence-corrected chi connectivity index (χ0v) is 19.7. The van der Waals surface area contributed by atoms with E-state index in [0.29, 0.717) is 12.4 Å². The molecule has 0 aliphatic carbocycles. The Morgan fingerprint density at radius 2 is 1.48 bits per heavy atom. The van der Waals surface area contributed by atoms with Crippen LogP contribution < -0.4 is 29.6 Å². The smallest absolute Gasteiger partial charge is 0.395 e. The maximum atomic E-state index is 8.59. The molecule has 0 aromatic carbocycles. The van der Waals surface area contributed by atoms with E-state index in [2.05, 4.69) is 16.2 Å². The van der Waals surface area contributed by atoms with Gasteiger partial charge in [-0.25, -0.2) is 0 Å². The van der Waals surface area contributed by atoms with E-state index in [-0.39, 0.29) is 42.8 Å². The van der Waals surface area contributed by atoms with Crippen molar-refractivity contribution >= 4 is 11.6 Å². The summed E-state index contributed by atoms with van der Waals surface area (Å²) in [6, 6.07) is 0. The number of aliphatic hydroxyl groups is 4. The van der Waals surface area contributed by atoms with Crippen LogP contribution >= 0.6 is 11.6 Å². The van der Waals surface area contributed by atoms with Crippen molar-refractivity contribution in [2.75, 3.05) is 19.1 Å². The first-order chi connectivity index (χ1) is 11.8. The predicted octanol–water partition coefficient (Wildman–Crippen LogP) is -1.47. The van der Waals surface area contributed by atoms with Gasteiger partial charge in [-0.05, 0) is 34.6 Å². The fourth-order valence-corrected chi connectivity index (χ4v) is 0.454. The molecule has 27 heavy (non-hydrogen) atoms. The Hall–Kier alpha value is -0.860. The number of nitrogens with zero attached hydrogens (tertiary/aromatic N) is 6. The van der Waals surface area contributed by atoms with E-state index in [1.165, 1.54) is 4.91 Å². The second-order valence-corrected chi connectivity index (χ2v) is 6.14. The molecule has 1 rings (SSSR count). The second kappa shape index (κ2) is 25.1. The average molecular weight is 417 g/mol. The molecule has 0 spiro atoms. The van der Waals surface area contributed by atoms with Crippen molar-refractivity contribution in [3.05, 3.63) is 28.4 Å². The van der Waals surface area contributed by atoms with Gasteiger partial charge in [0.25, 0.3) is 0 Å². The van der Waals surface area contributed by atoms with Gasteiger partial charge >= 0.3 is 29.6 Å². The van der Waals surface area contributed by atoms with Gasteiger partial charge in [0.05, 0.1) is 31.6 Å². The normalized spacial score (nSPS) is 8.78. The second-order valence-electron chi connectivity index (χ2n) is 5.77. The van der Waals surface area contributed by atoms with Crippen LogP contribution in [0.5, 0.6) is 0 Å². The van der Waals surface area contributed by atoms with Crippen molar-refractivity contribution in [2.24, 2.45) is 0 Å². The number of aromatic nitrogens is 3. The Labute approximate surface area is 188 Å². The molecule has 1 heterocycles. The van der Waals surface area contributed by atoms with E-state index in [0.717, 1.165) is 0 Å². The summed E-state index contributed by atoms with van der Waals surface area (Å²) >= 11 is 4.94. The van der Waals surface area contributed by atoms with Crippen molar-refractivity contribution in [1.29, 1.82) is 0 Å². The van der Waals surface area contributed by atoms with Crippen LogP contribution in [0.4, 0.5) is 0 Å². The molecule has 0 bridgehead atoms. The summed E-state index contributed by atoms with van der Waals surface area (Å²) in [5.74, 6) is 2.51. The Balaban J connectivity index is -0.0000000773. The third-order valence-corrected chi connectivity index (χ3v) is 1.41. The van der Waals surface area contributed by atoms with E-state index in [1.54, 1.807) is 51.7 Å². The Morgan fingerprint density at radius 3 is 1.63 bits per heavy atom. The zero-order chi connectivity index (χ0) is 21.6. The van der Waals surface area contributed by atoms with Gasteiger partial charge in [0.2, 0.25) is 0 Å². The van der Waals surface area contributed by atoms with Crippen LogP contribution in [0.1, 0.15) is 34.6 Å². The molecule has 1 aromatic rings. The monoisotopic (exact) mass is 416 g/mol. The summed E-state index contributed by atoms with van der Waals surface area (Å²) < 4.78 is 1.57. The van der Waals surface area contributed by atoms with Gasteiger partial charge in [-0.3, -0.25) is 9.59 Å². The summed E-state index contributed by atoms with van der Waals surface area (Å²) in [5, 5.41) is 40.4. The van der Waals surface area contributed by atoms with Crippen molar-refractivity contribution in [1.82, 2.24) is 15.0 Å². The summed E-state index contributed by atoms with van der Waals surface area (Å²) in [4.78, 5) is 1.50. The number of halogens is 1. The number of hydrogen-bond acceptors (Lipinski definition) is 6. The van der Waals surface area contributed by atoms with Gasteiger partial charge in [0.1, 0.15) is 5.60 Å². The molecule has 0 amide bonds. The first-order valence-corrected chi connectivity index (χ1v) is 7.89. The third-order valence-electron chi connectivity index (χ3n) is 1.24. The molecule has 0 saturated carbocycles. The average Bonchev–Trinajstić information content (AvgIpc) is 3.00. The van der Waals surface area contributed by atoms with Crippen LogP contribution in [0.15, 0.2) is 12.4 Å². The number of terminal acetylenes is 1. The molecule has 0 aliphatic rings. The molecule has 4 N–H and O–H groups in total. The summed E-state index contributed by atoms with van der Waals surface area (Å²) in [7, 11) is 0. The van der Waals surface area contributed by atoms with Crippen LogP contribution in [-0.2, 0) is 6.54 Å². The number of hydrogen-bond donors (Lipinski definition) is 4. The number of aliphatic hydroxyl groups excluding tert-OH is 2. The molecule has 1 aromatic heterocycles. The predicted molar refractivity (Wildman–Crippen MR) is 102 cm³/mol. The van der Waals surface area contributed by atoms with Crippen LogP contribution in [0.2, 0.25) is 0 Å². The molecule has 0 unspecified atom stereocenters. The number of alkyl halides is 1. The third kappa shape index (κ3) is 78.0. The Morgan fingerprint density at radius 1 is 1.15 bits per heavy atom. The molecular weight excluding hydrogens is 387 g/mol. The Bertz CT molecular complexity index is 456. The molecule has 0 fully saturated rings. The minimum absolute atomic E-state index is 0. The first-order valence-electron chi connectivity index (χ1n) is 7.35. The molecular formula is C15H30ClN6NaO4. The van der Waals surface area contributed by atoms with Gasteiger partial charge in [-0.15, -0.1) is 23.1 Å². The zero-order valence-electron chi connectivity index (χ0n) is 16.9. The summed E-state index contributed by atoms with van der Waals surface area (Å²) in [5.41, 5.74) is 12.1. The van der Waals surface area contributed by atoms with E-state index in [1.807, 2.05) is 0 Å². The van der Waals surface area contributed by atoms with Crippen molar-refractivity contribution < 1.29 is 50.0 Å². The minimum Gasteiger partial charge on any atom is -0.395 e. The summed E-state index contributed by atoms with van der Waals surface area (Å²) in [6.45, 7) is 9.08. The molecule has 0 saturated heterocycles. The van der Waals surface area contributed by atoms with Gasteiger partial charge in [-0.1, -0.05) is 11.1 Å².